The molecule has 0 fully saturated rings. The highest BCUT2D eigenvalue weighted by atomic mass is 16.4. The maximum absolute atomic E-state index is 6.49. The first-order valence-corrected chi connectivity index (χ1v) is 16.7. The van der Waals surface area contributed by atoms with Crippen LogP contribution in [0.4, 0.5) is 0 Å². The van der Waals surface area contributed by atoms with Gasteiger partial charge in [-0.25, -0.2) is 19.9 Å². The fourth-order valence-corrected chi connectivity index (χ4v) is 7.12. The van der Waals surface area contributed by atoms with E-state index >= 15 is 0 Å². The van der Waals surface area contributed by atoms with Crippen molar-refractivity contribution in [3.05, 3.63) is 146 Å². The smallest absolute Gasteiger partial charge is 0.227 e. The van der Waals surface area contributed by atoms with Crippen LogP contribution in [0.25, 0.3) is 111 Å². The lowest BCUT2D eigenvalue weighted by Gasteiger charge is -2.08. The van der Waals surface area contributed by atoms with Gasteiger partial charge in [0.15, 0.2) is 23.1 Å². The van der Waals surface area contributed by atoms with Gasteiger partial charge in [-0.15, -0.1) is 0 Å². The van der Waals surface area contributed by atoms with E-state index in [9.17, 15) is 0 Å². The third-order valence-corrected chi connectivity index (χ3v) is 9.55. The van der Waals surface area contributed by atoms with Gasteiger partial charge < -0.3 is 13.3 Å². The summed E-state index contributed by atoms with van der Waals surface area (Å²) in [4.78, 5) is 19.9. The van der Waals surface area contributed by atoms with Crippen LogP contribution in [0, 0.1) is 0 Å². The summed E-state index contributed by atoms with van der Waals surface area (Å²) in [6.45, 7) is 0. The Bertz CT molecular complexity index is 3140. The Morgan fingerprint density at radius 2 is 0.961 bits per heavy atom. The van der Waals surface area contributed by atoms with Gasteiger partial charge in [-0.3, -0.25) is 0 Å². The molecule has 51 heavy (non-hydrogen) atoms. The molecule has 0 saturated heterocycles. The molecule has 0 aliphatic rings. The van der Waals surface area contributed by atoms with Crippen LogP contribution in [0.1, 0.15) is 0 Å². The fourth-order valence-electron chi connectivity index (χ4n) is 7.12. The monoisotopic (exact) mass is 656 g/mol. The topological polar surface area (TPSA) is 91.0 Å². The zero-order chi connectivity index (χ0) is 33.5. The number of aromatic nitrogens is 4. The van der Waals surface area contributed by atoms with Crippen LogP contribution in [0.5, 0.6) is 0 Å². The van der Waals surface area contributed by atoms with Gasteiger partial charge in [0.25, 0.3) is 0 Å². The average Bonchev–Trinajstić information content (AvgIpc) is 3.91. The van der Waals surface area contributed by atoms with Crippen LogP contribution < -0.4 is 0 Å². The molecule has 0 spiro atoms. The molecule has 11 aromatic rings. The molecule has 0 atom stereocenters. The third kappa shape index (κ3) is 4.38. The highest BCUT2D eigenvalue weighted by Crippen LogP contribution is 2.41. The largest absolute Gasteiger partial charge is 0.456 e. The van der Waals surface area contributed by atoms with Crippen LogP contribution in [0.2, 0.25) is 0 Å². The zero-order valence-corrected chi connectivity index (χ0v) is 26.9. The summed E-state index contributed by atoms with van der Waals surface area (Å²) < 4.78 is 19.1. The quantitative estimate of drug-likeness (QED) is 0.186. The van der Waals surface area contributed by atoms with Gasteiger partial charge in [-0.1, -0.05) is 84.9 Å². The molecule has 0 bridgehead atoms. The molecule has 0 N–H and O–H groups in total. The van der Waals surface area contributed by atoms with Crippen molar-refractivity contribution in [3.8, 4) is 45.6 Å². The van der Waals surface area contributed by atoms with Crippen molar-refractivity contribution in [2.45, 2.75) is 0 Å². The van der Waals surface area contributed by atoms with E-state index < -0.39 is 0 Å². The normalized spacial score (nSPS) is 11.9. The van der Waals surface area contributed by atoms with Crippen LogP contribution in [-0.4, -0.2) is 19.9 Å². The first-order valence-electron chi connectivity index (χ1n) is 16.7. The number of hydrogen-bond acceptors (Lipinski definition) is 7. The van der Waals surface area contributed by atoms with Crippen LogP contribution in [0.15, 0.2) is 159 Å². The maximum atomic E-state index is 6.49. The van der Waals surface area contributed by atoms with Gasteiger partial charge in [0.05, 0.1) is 0 Å². The number of nitrogens with zero attached hydrogens (tertiary/aromatic N) is 4. The lowest BCUT2D eigenvalue weighted by molar-refractivity contribution is 0.623. The number of benzene rings is 7. The lowest BCUT2D eigenvalue weighted by atomic mass is 10.0. The second kappa shape index (κ2) is 10.7. The molecule has 0 amide bonds. The Balaban J connectivity index is 1.13. The minimum Gasteiger partial charge on any atom is -0.456 e. The molecule has 0 saturated carbocycles. The van der Waals surface area contributed by atoms with Crippen LogP contribution >= 0.6 is 0 Å². The Morgan fingerprint density at radius 3 is 1.78 bits per heavy atom. The van der Waals surface area contributed by atoms with E-state index in [1.54, 1.807) is 0 Å². The Hall–Kier alpha value is -7.12. The summed E-state index contributed by atoms with van der Waals surface area (Å²) in [6, 6.07) is 48.4. The molecule has 7 nitrogen and oxygen atoms in total. The first-order chi connectivity index (χ1) is 25.2. The number of rotatable bonds is 4. The van der Waals surface area contributed by atoms with Crippen molar-refractivity contribution in [3.63, 3.8) is 0 Å². The number of para-hydroxylation sites is 1. The minimum absolute atomic E-state index is 0.552. The molecular weight excluding hydrogens is 633 g/mol. The van der Waals surface area contributed by atoms with E-state index in [2.05, 4.69) is 30.3 Å². The highest BCUT2D eigenvalue weighted by molar-refractivity contribution is 6.25. The maximum Gasteiger partial charge on any atom is 0.227 e. The van der Waals surface area contributed by atoms with Gasteiger partial charge in [-0.05, 0) is 66.0 Å². The molecular formula is C44H24N4O3. The van der Waals surface area contributed by atoms with E-state index in [0.29, 0.717) is 23.4 Å². The predicted octanol–water partition coefficient (Wildman–Crippen LogP) is 11.6. The highest BCUT2D eigenvalue weighted by Gasteiger charge is 2.20. The molecule has 0 radical (unpaired) electrons. The van der Waals surface area contributed by atoms with Crippen molar-refractivity contribution in [2.75, 3.05) is 0 Å². The Labute approximate surface area is 289 Å². The second-order valence-corrected chi connectivity index (χ2v) is 12.6. The Morgan fingerprint density at radius 1 is 0.353 bits per heavy atom. The van der Waals surface area contributed by atoms with E-state index in [1.165, 1.54) is 0 Å². The lowest BCUT2D eigenvalue weighted by Crippen LogP contribution is -2.00. The minimum atomic E-state index is 0.552. The average molecular weight is 657 g/mol. The van der Waals surface area contributed by atoms with Crippen molar-refractivity contribution >= 4 is 65.7 Å². The predicted molar refractivity (Wildman–Crippen MR) is 201 cm³/mol. The van der Waals surface area contributed by atoms with Crippen LogP contribution in [-0.2, 0) is 0 Å². The molecule has 0 aliphatic heterocycles. The van der Waals surface area contributed by atoms with Gasteiger partial charge in [0.2, 0.25) is 5.89 Å². The second-order valence-electron chi connectivity index (χ2n) is 12.6. The van der Waals surface area contributed by atoms with E-state index in [4.69, 9.17) is 33.2 Å². The fraction of sp³-hybridized carbons (Fsp3) is 0. The SMILES string of the molecule is c1ccc(-c2nc(-c3ccc4c(c3)oc3ccccc34)nc(-c3ccc4oc5ccc6ccc7nc(-c8ccccc8)oc7c6c5c4c3)n2)cc1. The molecule has 4 aromatic heterocycles. The van der Waals surface area contributed by atoms with Gasteiger partial charge >= 0.3 is 0 Å². The number of furan rings is 2. The van der Waals surface area contributed by atoms with E-state index in [-0.39, 0.29) is 0 Å². The third-order valence-electron chi connectivity index (χ3n) is 9.55. The molecule has 4 heterocycles. The molecule has 11 rings (SSSR count). The van der Waals surface area contributed by atoms with E-state index in [0.717, 1.165) is 88.0 Å². The zero-order valence-electron chi connectivity index (χ0n) is 26.9. The molecule has 7 heteroatoms. The molecule has 0 aliphatic carbocycles. The van der Waals surface area contributed by atoms with Crippen LogP contribution in [0.3, 0.4) is 0 Å². The summed E-state index contributed by atoms with van der Waals surface area (Å²) in [7, 11) is 0. The summed E-state index contributed by atoms with van der Waals surface area (Å²) in [5.74, 6) is 2.27. The summed E-state index contributed by atoms with van der Waals surface area (Å²) in [5, 5.41) is 6.01. The standard InChI is InChI=1S/C44H24N4O3/c1-3-9-26(10-4-1)41-46-42(48-43(47-41)29-15-19-31-30-13-7-8-14-34(30)50-37(31)24-29)28-18-21-35-32(23-28)39-36(49-35)22-17-25-16-20-33-40(38(25)39)51-44(45-33)27-11-5-2-6-12-27/h1-24H. The Kier molecular flexibility index (Phi) is 5.83. The number of hydrogen-bond donors (Lipinski definition) is 0. The van der Waals surface area contributed by atoms with Gasteiger partial charge in [0.1, 0.15) is 27.8 Å². The first kappa shape index (κ1) is 27.8. The van der Waals surface area contributed by atoms with Gasteiger partial charge in [-0.2, -0.15) is 0 Å². The van der Waals surface area contributed by atoms with Crippen molar-refractivity contribution in [1.82, 2.24) is 19.9 Å². The number of oxazole rings is 1. The number of fused-ring (bicyclic) bond motifs is 10. The van der Waals surface area contributed by atoms with Crippen molar-refractivity contribution < 1.29 is 13.3 Å². The summed E-state index contributed by atoms with van der Waals surface area (Å²) in [5.41, 5.74) is 8.15. The molecule has 7 aromatic carbocycles. The van der Waals surface area contributed by atoms with E-state index in [1.807, 2.05) is 115 Å². The molecule has 0 unspecified atom stereocenters. The summed E-state index contributed by atoms with van der Waals surface area (Å²) >= 11 is 0. The summed E-state index contributed by atoms with van der Waals surface area (Å²) in [6.07, 6.45) is 0. The van der Waals surface area contributed by atoms with Crippen molar-refractivity contribution in [2.24, 2.45) is 0 Å². The van der Waals surface area contributed by atoms with Crippen molar-refractivity contribution in [1.29, 1.82) is 0 Å². The van der Waals surface area contributed by atoms with Gasteiger partial charge in [0, 0.05) is 49.2 Å². The molecule has 238 valence electrons.